The van der Waals surface area contributed by atoms with Gasteiger partial charge >= 0.3 is 0 Å². The smallest absolute Gasteiger partial charge is 0.262 e. The molecule has 0 atom stereocenters. The molecular weight excluding hydrogens is 314 g/mol. The van der Waals surface area contributed by atoms with Crippen LogP contribution in [0.15, 0.2) is 52.9 Å². The molecule has 2 aromatic rings. The normalized spacial score (nSPS) is 10.3. The summed E-state index contributed by atoms with van der Waals surface area (Å²) in [5, 5.41) is 12.5. The molecule has 0 aliphatic heterocycles. The summed E-state index contributed by atoms with van der Waals surface area (Å²) in [5.41, 5.74) is 1.15. The lowest BCUT2D eigenvalue weighted by Gasteiger charge is -2.13. The molecule has 1 aromatic carbocycles. The van der Waals surface area contributed by atoms with Gasteiger partial charge in [-0.3, -0.25) is 14.2 Å². The van der Waals surface area contributed by atoms with Gasteiger partial charge in [-0.25, -0.2) is 0 Å². The first-order valence-corrected chi connectivity index (χ1v) is 7.91. The Kier molecular flexibility index (Phi) is 5.59. The molecular formula is C16H17N3O3S. The number of thioether (sulfide) groups is 1. The number of para-hydroxylation sites is 1. The summed E-state index contributed by atoms with van der Waals surface area (Å²) in [6, 6.07) is 8.39. The van der Waals surface area contributed by atoms with Crippen molar-refractivity contribution in [2.45, 2.75) is 12.1 Å². The molecule has 1 heterocycles. The van der Waals surface area contributed by atoms with Gasteiger partial charge in [0.25, 0.3) is 5.56 Å². The van der Waals surface area contributed by atoms with Crippen molar-refractivity contribution in [1.82, 2.24) is 14.9 Å². The second-order valence-corrected chi connectivity index (χ2v) is 5.68. The van der Waals surface area contributed by atoms with E-state index in [1.807, 2.05) is 25.1 Å². The molecule has 6 nitrogen and oxygen atoms in total. The fourth-order valence-electron chi connectivity index (χ4n) is 1.95. The monoisotopic (exact) mass is 331 g/mol. The molecule has 23 heavy (non-hydrogen) atoms. The minimum absolute atomic E-state index is 0.0790. The van der Waals surface area contributed by atoms with Crippen molar-refractivity contribution >= 4 is 17.7 Å². The molecule has 0 unspecified atom stereocenters. The van der Waals surface area contributed by atoms with Crippen LogP contribution in [-0.4, -0.2) is 32.9 Å². The molecule has 0 aliphatic rings. The SMILES string of the molecule is C=CCNC(=O)CSc1nc(O)cc(=O)n1-c1ccccc1C. The number of nitrogens with one attached hydrogen (secondary N) is 1. The summed E-state index contributed by atoms with van der Waals surface area (Å²) in [6.45, 7) is 5.77. The third-order valence-corrected chi connectivity index (χ3v) is 3.95. The summed E-state index contributed by atoms with van der Waals surface area (Å²) < 4.78 is 1.39. The van der Waals surface area contributed by atoms with Gasteiger partial charge in [-0.05, 0) is 18.6 Å². The first-order chi connectivity index (χ1) is 11.0. The third-order valence-electron chi connectivity index (χ3n) is 3.01. The van der Waals surface area contributed by atoms with Gasteiger partial charge in [0.05, 0.1) is 17.5 Å². The van der Waals surface area contributed by atoms with Gasteiger partial charge in [0.1, 0.15) is 0 Å². The Bertz CT molecular complexity index is 786. The molecule has 120 valence electrons. The Balaban J connectivity index is 2.36. The molecule has 2 rings (SSSR count). The van der Waals surface area contributed by atoms with E-state index in [1.54, 1.807) is 12.1 Å². The summed E-state index contributed by atoms with van der Waals surface area (Å²) >= 11 is 1.08. The number of benzene rings is 1. The number of nitrogens with zero attached hydrogens (tertiary/aromatic N) is 2. The highest BCUT2D eigenvalue weighted by molar-refractivity contribution is 7.99. The Labute approximate surface area is 137 Å². The van der Waals surface area contributed by atoms with Crippen LogP contribution in [-0.2, 0) is 4.79 Å². The topological polar surface area (TPSA) is 84.2 Å². The Hall–Kier alpha value is -2.54. The van der Waals surface area contributed by atoms with Crippen LogP contribution in [0.5, 0.6) is 5.88 Å². The van der Waals surface area contributed by atoms with Crippen LogP contribution in [0.25, 0.3) is 5.69 Å². The lowest BCUT2D eigenvalue weighted by molar-refractivity contribution is -0.118. The zero-order valence-corrected chi connectivity index (χ0v) is 13.5. The lowest BCUT2D eigenvalue weighted by Crippen LogP contribution is -2.26. The van der Waals surface area contributed by atoms with Crippen molar-refractivity contribution in [3.8, 4) is 11.6 Å². The minimum Gasteiger partial charge on any atom is -0.493 e. The number of carbonyl (C=O) groups is 1. The number of hydrogen-bond acceptors (Lipinski definition) is 5. The largest absolute Gasteiger partial charge is 0.493 e. The maximum Gasteiger partial charge on any atom is 0.262 e. The fraction of sp³-hybridized carbons (Fsp3) is 0.188. The van der Waals surface area contributed by atoms with Gasteiger partial charge < -0.3 is 10.4 Å². The maximum absolute atomic E-state index is 12.3. The number of aryl methyl sites for hydroxylation is 1. The van der Waals surface area contributed by atoms with E-state index < -0.39 is 5.56 Å². The van der Waals surface area contributed by atoms with Crippen molar-refractivity contribution in [3.63, 3.8) is 0 Å². The van der Waals surface area contributed by atoms with Crippen molar-refractivity contribution in [2.75, 3.05) is 12.3 Å². The zero-order valence-electron chi connectivity index (χ0n) is 12.7. The van der Waals surface area contributed by atoms with Crippen LogP contribution >= 0.6 is 11.8 Å². The minimum atomic E-state index is -0.402. The average molecular weight is 331 g/mol. The summed E-state index contributed by atoms with van der Waals surface area (Å²) in [4.78, 5) is 28.0. The molecule has 2 N–H and O–H groups in total. The van der Waals surface area contributed by atoms with E-state index in [0.29, 0.717) is 12.2 Å². The number of hydrogen-bond donors (Lipinski definition) is 2. The van der Waals surface area contributed by atoms with E-state index in [9.17, 15) is 14.7 Å². The molecule has 0 bridgehead atoms. The molecule has 1 aromatic heterocycles. The first kappa shape index (κ1) is 16.8. The Morgan fingerprint density at radius 3 is 2.91 bits per heavy atom. The summed E-state index contributed by atoms with van der Waals surface area (Å²) in [5.74, 6) is -0.493. The predicted octanol–water partition coefficient (Wildman–Crippen LogP) is 1.64. The van der Waals surface area contributed by atoms with Crippen LogP contribution < -0.4 is 10.9 Å². The van der Waals surface area contributed by atoms with Crippen LogP contribution in [0.2, 0.25) is 0 Å². The molecule has 0 aliphatic carbocycles. The van der Waals surface area contributed by atoms with Crippen molar-refractivity contribution in [2.24, 2.45) is 0 Å². The Morgan fingerprint density at radius 1 is 1.48 bits per heavy atom. The van der Waals surface area contributed by atoms with E-state index in [2.05, 4.69) is 16.9 Å². The molecule has 7 heteroatoms. The quantitative estimate of drug-likeness (QED) is 0.478. The second kappa shape index (κ2) is 7.64. The highest BCUT2D eigenvalue weighted by Crippen LogP contribution is 2.21. The first-order valence-electron chi connectivity index (χ1n) is 6.92. The third kappa shape index (κ3) is 4.23. The molecule has 0 spiro atoms. The maximum atomic E-state index is 12.3. The number of rotatable bonds is 6. The average Bonchev–Trinajstić information content (AvgIpc) is 2.51. The molecule has 0 radical (unpaired) electrons. The van der Waals surface area contributed by atoms with Gasteiger partial charge in [-0.1, -0.05) is 36.0 Å². The molecule has 0 fully saturated rings. The fourth-order valence-corrected chi connectivity index (χ4v) is 2.79. The standard InChI is InChI=1S/C16H17N3O3S/c1-3-8-17-14(21)10-23-16-18-13(20)9-15(22)19(16)12-7-5-4-6-11(12)2/h3-7,9,20H,1,8,10H2,2H3,(H,17,21). The number of aromatic hydroxyl groups is 1. The van der Waals surface area contributed by atoms with Gasteiger partial charge in [0.2, 0.25) is 11.8 Å². The second-order valence-electron chi connectivity index (χ2n) is 4.74. The highest BCUT2D eigenvalue weighted by Gasteiger charge is 2.14. The van der Waals surface area contributed by atoms with Gasteiger partial charge in [0, 0.05) is 6.54 Å². The van der Waals surface area contributed by atoms with Gasteiger partial charge in [0.15, 0.2) is 5.16 Å². The number of amides is 1. The van der Waals surface area contributed by atoms with Crippen LogP contribution in [0.3, 0.4) is 0 Å². The van der Waals surface area contributed by atoms with E-state index in [0.717, 1.165) is 23.4 Å². The summed E-state index contributed by atoms with van der Waals surface area (Å²) in [6.07, 6.45) is 1.58. The number of aromatic nitrogens is 2. The van der Waals surface area contributed by atoms with Crippen LogP contribution in [0.1, 0.15) is 5.56 Å². The lowest BCUT2D eigenvalue weighted by atomic mass is 10.2. The molecule has 0 saturated heterocycles. The van der Waals surface area contributed by atoms with E-state index in [-0.39, 0.29) is 22.7 Å². The van der Waals surface area contributed by atoms with E-state index in [4.69, 9.17) is 0 Å². The van der Waals surface area contributed by atoms with E-state index in [1.165, 1.54) is 4.57 Å². The zero-order chi connectivity index (χ0) is 16.8. The van der Waals surface area contributed by atoms with Crippen molar-refractivity contribution < 1.29 is 9.90 Å². The summed E-state index contributed by atoms with van der Waals surface area (Å²) in [7, 11) is 0. The predicted molar refractivity (Wildman–Crippen MR) is 90.2 cm³/mol. The van der Waals surface area contributed by atoms with Crippen LogP contribution in [0.4, 0.5) is 0 Å². The van der Waals surface area contributed by atoms with Crippen LogP contribution in [0, 0.1) is 6.92 Å². The van der Waals surface area contributed by atoms with Gasteiger partial charge in [-0.2, -0.15) is 4.98 Å². The highest BCUT2D eigenvalue weighted by atomic mass is 32.2. The van der Waals surface area contributed by atoms with Crippen molar-refractivity contribution in [3.05, 3.63) is 58.9 Å². The molecule has 0 saturated carbocycles. The van der Waals surface area contributed by atoms with Gasteiger partial charge in [-0.15, -0.1) is 6.58 Å². The Morgan fingerprint density at radius 2 is 2.22 bits per heavy atom. The molecule has 1 amide bonds. The number of carbonyl (C=O) groups excluding carboxylic acids is 1. The van der Waals surface area contributed by atoms with Crippen molar-refractivity contribution in [1.29, 1.82) is 0 Å². The van der Waals surface area contributed by atoms with E-state index >= 15 is 0 Å².